The van der Waals surface area contributed by atoms with Gasteiger partial charge < -0.3 is 20.9 Å². The second-order valence-corrected chi connectivity index (χ2v) is 5.50. The minimum absolute atomic E-state index is 0.0805. The lowest BCUT2D eigenvalue weighted by Crippen LogP contribution is -2.42. The van der Waals surface area contributed by atoms with Crippen LogP contribution in [0.3, 0.4) is 0 Å². The Morgan fingerprint density at radius 3 is 2.65 bits per heavy atom. The van der Waals surface area contributed by atoms with E-state index in [2.05, 4.69) is 29.2 Å². The van der Waals surface area contributed by atoms with E-state index < -0.39 is 0 Å². The van der Waals surface area contributed by atoms with Gasteiger partial charge in [-0.05, 0) is 51.2 Å². The van der Waals surface area contributed by atoms with Crippen LogP contribution in [-0.4, -0.2) is 51.1 Å². The predicted molar refractivity (Wildman–Crippen MR) is 83.2 cm³/mol. The molecule has 3 N–H and O–H groups in total. The van der Waals surface area contributed by atoms with Crippen molar-refractivity contribution in [1.29, 1.82) is 0 Å². The van der Waals surface area contributed by atoms with Crippen molar-refractivity contribution in [3.8, 4) is 0 Å². The Bertz CT molecular complexity index is 481. The van der Waals surface area contributed by atoms with Crippen molar-refractivity contribution < 1.29 is 4.79 Å². The molecule has 1 amide bonds. The highest BCUT2D eigenvalue weighted by Gasteiger charge is 2.22. The molecule has 0 spiro atoms. The number of nitrogens with zero attached hydrogens (tertiary/aromatic N) is 2. The number of hydrogen-bond donors (Lipinski definition) is 2. The Morgan fingerprint density at radius 2 is 2.05 bits per heavy atom. The summed E-state index contributed by atoms with van der Waals surface area (Å²) in [6.45, 7) is 2.20. The van der Waals surface area contributed by atoms with Gasteiger partial charge in [0.1, 0.15) is 0 Å². The van der Waals surface area contributed by atoms with Crippen LogP contribution in [0.15, 0.2) is 18.2 Å². The molecule has 0 aliphatic carbocycles. The standard InChI is InChI=1S/C15H24N4O/c1-17-15(20)11-4-5-13(16)14(10-11)19(3)12-6-8-18(2)9-7-12/h4-5,10,12H,6-9,16H2,1-3H3,(H,17,20). The zero-order chi connectivity index (χ0) is 14.7. The molecule has 1 aliphatic heterocycles. The van der Waals surface area contributed by atoms with Crippen LogP contribution in [0, 0.1) is 0 Å². The lowest BCUT2D eigenvalue weighted by atomic mass is 10.0. The van der Waals surface area contributed by atoms with Crippen LogP contribution in [-0.2, 0) is 0 Å². The molecular weight excluding hydrogens is 252 g/mol. The third-order valence-corrected chi connectivity index (χ3v) is 4.14. The SMILES string of the molecule is CNC(=O)c1ccc(N)c(N(C)C2CCN(C)CC2)c1. The summed E-state index contributed by atoms with van der Waals surface area (Å²) >= 11 is 0. The minimum atomic E-state index is -0.0805. The van der Waals surface area contributed by atoms with Crippen LogP contribution in [0.4, 0.5) is 11.4 Å². The fourth-order valence-electron chi connectivity index (χ4n) is 2.71. The number of benzene rings is 1. The van der Waals surface area contributed by atoms with E-state index in [-0.39, 0.29) is 5.91 Å². The number of nitrogens with two attached hydrogens (primary N) is 1. The van der Waals surface area contributed by atoms with Gasteiger partial charge in [0.05, 0.1) is 11.4 Å². The molecule has 2 rings (SSSR count). The first-order valence-corrected chi connectivity index (χ1v) is 7.06. The Hall–Kier alpha value is -1.75. The van der Waals surface area contributed by atoms with Crippen molar-refractivity contribution in [2.24, 2.45) is 0 Å². The number of nitrogen functional groups attached to an aromatic ring is 1. The zero-order valence-electron chi connectivity index (χ0n) is 12.5. The fraction of sp³-hybridized carbons (Fsp3) is 0.533. The Morgan fingerprint density at radius 1 is 1.40 bits per heavy atom. The number of likely N-dealkylation sites (tertiary alicyclic amines) is 1. The van der Waals surface area contributed by atoms with Gasteiger partial charge in [-0.3, -0.25) is 4.79 Å². The first-order chi connectivity index (χ1) is 9.52. The number of anilines is 2. The summed E-state index contributed by atoms with van der Waals surface area (Å²) in [6, 6.07) is 5.94. The van der Waals surface area contributed by atoms with Gasteiger partial charge in [-0.2, -0.15) is 0 Å². The molecule has 110 valence electrons. The average molecular weight is 276 g/mol. The largest absolute Gasteiger partial charge is 0.397 e. The maximum absolute atomic E-state index is 11.7. The zero-order valence-corrected chi connectivity index (χ0v) is 12.5. The lowest BCUT2D eigenvalue weighted by Gasteiger charge is -2.37. The van der Waals surface area contributed by atoms with Crippen LogP contribution in [0.25, 0.3) is 0 Å². The highest BCUT2D eigenvalue weighted by molar-refractivity contribution is 5.96. The van der Waals surface area contributed by atoms with Gasteiger partial charge >= 0.3 is 0 Å². The summed E-state index contributed by atoms with van der Waals surface area (Å²) in [5.41, 5.74) is 8.40. The van der Waals surface area contributed by atoms with Crippen molar-refractivity contribution in [2.45, 2.75) is 18.9 Å². The average Bonchev–Trinajstić information content (AvgIpc) is 2.47. The van der Waals surface area contributed by atoms with E-state index in [1.54, 1.807) is 13.1 Å². The van der Waals surface area contributed by atoms with Crippen LogP contribution < -0.4 is 16.0 Å². The van der Waals surface area contributed by atoms with E-state index in [1.807, 2.05) is 12.1 Å². The van der Waals surface area contributed by atoms with E-state index in [0.29, 0.717) is 11.6 Å². The molecule has 0 radical (unpaired) electrons. The molecule has 1 aromatic rings. The summed E-state index contributed by atoms with van der Waals surface area (Å²) in [7, 11) is 5.85. The lowest BCUT2D eigenvalue weighted by molar-refractivity contribution is 0.0963. The smallest absolute Gasteiger partial charge is 0.251 e. The summed E-state index contributed by atoms with van der Waals surface area (Å²) in [5, 5.41) is 2.65. The van der Waals surface area contributed by atoms with E-state index in [0.717, 1.165) is 37.3 Å². The second-order valence-electron chi connectivity index (χ2n) is 5.50. The van der Waals surface area contributed by atoms with E-state index >= 15 is 0 Å². The Balaban J connectivity index is 2.20. The van der Waals surface area contributed by atoms with Crippen molar-refractivity contribution in [3.05, 3.63) is 23.8 Å². The molecule has 0 aromatic heterocycles. The fourth-order valence-corrected chi connectivity index (χ4v) is 2.71. The van der Waals surface area contributed by atoms with Gasteiger partial charge in [0, 0.05) is 25.7 Å². The summed E-state index contributed by atoms with van der Waals surface area (Å²) in [6.07, 6.45) is 2.24. The molecule has 0 atom stereocenters. The topological polar surface area (TPSA) is 61.6 Å². The number of hydrogen-bond acceptors (Lipinski definition) is 4. The Labute approximate surface area is 120 Å². The quantitative estimate of drug-likeness (QED) is 0.813. The molecule has 5 nitrogen and oxygen atoms in total. The van der Waals surface area contributed by atoms with Gasteiger partial charge in [-0.1, -0.05) is 0 Å². The predicted octanol–water partition coefficient (Wildman–Crippen LogP) is 1.16. The molecule has 1 aliphatic rings. The molecule has 20 heavy (non-hydrogen) atoms. The van der Waals surface area contributed by atoms with Gasteiger partial charge in [-0.25, -0.2) is 0 Å². The number of piperidine rings is 1. The number of rotatable bonds is 3. The van der Waals surface area contributed by atoms with Crippen molar-refractivity contribution >= 4 is 17.3 Å². The monoisotopic (exact) mass is 276 g/mol. The maximum Gasteiger partial charge on any atom is 0.251 e. The maximum atomic E-state index is 11.7. The number of carbonyl (C=O) groups excluding carboxylic acids is 1. The molecule has 1 aromatic carbocycles. The van der Waals surface area contributed by atoms with Crippen LogP contribution in [0.1, 0.15) is 23.2 Å². The molecule has 0 saturated carbocycles. The third kappa shape index (κ3) is 3.04. The van der Waals surface area contributed by atoms with Gasteiger partial charge in [0.15, 0.2) is 0 Å². The number of nitrogens with one attached hydrogen (secondary N) is 1. The number of carbonyl (C=O) groups is 1. The van der Waals surface area contributed by atoms with Crippen molar-refractivity contribution in [3.63, 3.8) is 0 Å². The van der Waals surface area contributed by atoms with Crippen LogP contribution in [0.5, 0.6) is 0 Å². The highest BCUT2D eigenvalue weighted by atomic mass is 16.1. The van der Waals surface area contributed by atoms with E-state index in [1.165, 1.54) is 0 Å². The molecule has 1 heterocycles. The first kappa shape index (κ1) is 14.7. The number of amides is 1. The summed E-state index contributed by atoms with van der Waals surface area (Å²) < 4.78 is 0. The van der Waals surface area contributed by atoms with Gasteiger partial charge in [0.25, 0.3) is 5.91 Å². The molecule has 0 bridgehead atoms. The van der Waals surface area contributed by atoms with Crippen LogP contribution >= 0.6 is 0 Å². The Kier molecular flexibility index (Phi) is 4.49. The summed E-state index contributed by atoms with van der Waals surface area (Å²) in [4.78, 5) is 16.3. The van der Waals surface area contributed by atoms with E-state index in [9.17, 15) is 4.79 Å². The molecule has 5 heteroatoms. The molecule has 1 saturated heterocycles. The van der Waals surface area contributed by atoms with Gasteiger partial charge in [-0.15, -0.1) is 0 Å². The van der Waals surface area contributed by atoms with Crippen LogP contribution in [0.2, 0.25) is 0 Å². The molecular formula is C15H24N4O. The molecule has 1 fully saturated rings. The minimum Gasteiger partial charge on any atom is -0.397 e. The highest BCUT2D eigenvalue weighted by Crippen LogP contribution is 2.28. The second kappa shape index (κ2) is 6.13. The summed E-state index contributed by atoms with van der Waals surface area (Å²) in [5.74, 6) is -0.0805. The van der Waals surface area contributed by atoms with Crippen molar-refractivity contribution in [2.75, 3.05) is 44.9 Å². The molecule has 0 unspecified atom stereocenters. The van der Waals surface area contributed by atoms with Gasteiger partial charge in [0.2, 0.25) is 0 Å². The first-order valence-electron chi connectivity index (χ1n) is 7.06. The third-order valence-electron chi connectivity index (χ3n) is 4.14. The normalized spacial score (nSPS) is 16.9. The van der Waals surface area contributed by atoms with Crippen molar-refractivity contribution in [1.82, 2.24) is 10.2 Å². The van der Waals surface area contributed by atoms with E-state index in [4.69, 9.17) is 5.73 Å².